The Morgan fingerprint density at radius 2 is 2.29 bits per heavy atom. The number of aliphatic hydroxyl groups excluding tert-OH is 1. The van der Waals surface area contributed by atoms with Gasteiger partial charge in [0.2, 0.25) is 5.91 Å². The van der Waals surface area contributed by atoms with Crippen LogP contribution in [0.25, 0.3) is 0 Å². The van der Waals surface area contributed by atoms with E-state index in [2.05, 4.69) is 5.32 Å². The second-order valence-corrected chi connectivity index (χ2v) is 4.38. The van der Waals surface area contributed by atoms with E-state index in [1.807, 2.05) is 19.1 Å². The van der Waals surface area contributed by atoms with E-state index in [-0.39, 0.29) is 24.5 Å². The summed E-state index contributed by atoms with van der Waals surface area (Å²) in [6.07, 6.45) is 0.909. The molecule has 0 aliphatic carbocycles. The van der Waals surface area contributed by atoms with Crippen molar-refractivity contribution in [1.29, 1.82) is 0 Å². The van der Waals surface area contributed by atoms with Crippen molar-refractivity contribution in [2.45, 2.75) is 26.1 Å². The van der Waals surface area contributed by atoms with Crippen LogP contribution in [0.5, 0.6) is 0 Å². The highest BCUT2D eigenvalue weighted by atomic mass is 16.5. The minimum Gasteiger partial charge on any atom is -0.392 e. The van der Waals surface area contributed by atoms with Gasteiger partial charge in [-0.15, -0.1) is 0 Å². The van der Waals surface area contributed by atoms with Gasteiger partial charge < -0.3 is 15.2 Å². The van der Waals surface area contributed by atoms with Crippen molar-refractivity contribution in [3.63, 3.8) is 0 Å². The molecular weight excluding hydrogens is 218 g/mol. The molecule has 17 heavy (non-hydrogen) atoms. The minimum atomic E-state index is -0.0863. The molecule has 1 aromatic carbocycles. The highest BCUT2D eigenvalue weighted by molar-refractivity contribution is 5.93. The maximum Gasteiger partial charge on any atom is 0.229 e. The average Bonchev–Trinajstić information content (AvgIpc) is 2.77. The Morgan fingerprint density at radius 1 is 1.53 bits per heavy atom. The van der Waals surface area contributed by atoms with Gasteiger partial charge in [-0.2, -0.15) is 0 Å². The molecule has 1 aromatic rings. The molecule has 2 N–H and O–H groups in total. The molecule has 0 saturated carbocycles. The van der Waals surface area contributed by atoms with E-state index in [0.29, 0.717) is 12.3 Å². The van der Waals surface area contributed by atoms with Crippen molar-refractivity contribution in [3.05, 3.63) is 29.8 Å². The summed E-state index contributed by atoms with van der Waals surface area (Å²) in [5, 5.41) is 12.0. The highest BCUT2D eigenvalue weighted by Crippen LogP contribution is 2.22. The molecule has 0 aromatic heterocycles. The van der Waals surface area contributed by atoms with Crippen molar-refractivity contribution < 1.29 is 14.6 Å². The predicted molar refractivity (Wildman–Crippen MR) is 64.5 cm³/mol. The van der Waals surface area contributed by atoms with Gasteiger partial charge in [-0.05, 0) is 19.4 Å². The van der Waals surface area contributed by atoms with Gasteiger partial charge in [0.1, 0.15) is 0 Å². The summed E-state index contributed by atoms with van der Waals surface area (Å²) in [7, 11) is 0. The van der Waals surface area contributed by atoms with Crippen LogP contribution in [0.1, 0.15) is 18.9 Å². The fourth-order valence-corrected chi connectivity index (χ4v) is 2.01. The zero-order valence-corrected chi connectivity index (χ0v) is 9.85. The molecule has 92 valence electrons. The number of hydrogen-bond acceptors (Lipinski definition) is 3. The fraction of sp³-hybridized carbons (Fsp3) is 0.462. The van der Waals surface area contributed by atoms with Crippen LogP contribution in [0, 0.1) is 5.92 Å². The number of aliphatic hydroxyl groups is 1. The van der Waals surface area contributed by atoms with Crippen LogP contribution in [0.3, 0.4) is 0 Å². The SMILES string of the molecule is CC1CC(C(=O)Nc2ccccc2CO)CO1. The average molecular weight is 235 g/mol. The fourth-order valence-electron chi connectivity index (χ4n) is 2.01. The number of rotatable bonds is 3. The summed E-state index contributed by atoms with van der Waals surface area (Å²) in [6, 6.07) is 7.26. The number of benzene rings is 1. The van der Waals surface area contributed by atoms with Crippen molar-refractivity contribution in [2.24, 2.45) is 5.92 Å². The van der Waals surface area contributed by atoms with E-state index < -0.39 is 0 Å². The number of hydrogen-bond donors (Lipinski definition) is 2. The second kappa shape index (κ2) is 5.29. The lowest BCUT2D eigenvalue weighted by atomic mass is 10.0. The molecule has 4 nitrogen and oxygen atoms in total. The molecule has 0 bridgehead atoms. The maximum atomic E-state index is 12.0. The van der Waals surface area contributed by atoms with Gasteiger partial charge in [0, 0.05) is 11.3 Å². The first-order chi connectivity index (χ1) is 8.20. The van der Waals surface area contributed by atoms with Crippen molar-refractivity contribution >= 4 is 11.6 Å². The van der Waals surface area contributed by atoms with Gasteiger partial charge in [0.25, 0.3) is 0 Å². The normalized spacial score (nSPS) is 23.6. The van der Waals surface area contributed by atoms with Crippen LogP contribution in [-0.4, -0.2) is 23.7 Å². The first kappa shape index (κ1) is 12.1. The minimum absolute atomic E-state index is 0.0322. The standard InChI is InChI=1S/C13H17NO3/c1-9-6-11(8-17-9)13(16)14-12-5-3-2-4-10(12)7-15/h2-5,9,11,15H,6-8H2,1H3,(H,14,16). The van der Waals surface area contributed by atoms with Gasteiger partial charge in [0.05, 0.1) is 25.2 Å². The van der Waals surface area contributed by atoms with Gasteiger partial charge in [-0.1, -0.05) is 18.2 Å². The summed E-state index contributed by atoms with van der Waals surface area (Å²) in [6.45, 7) is 2.37. The van der Waals surface area contributed by atoms with Crippen molar-refractivity contribution in [2.75, 3.05) is 11.9 Å². The molecule has 4 heteroatoms. The summed E-state index contributed by atoms with van der Waals surface area (Å²) in [5.41, 5.74) is 1.41. The summed E-state index contributed by atoms with van der Waals surface area (Å²) in [5.74, 6) is -0.119. The van der Waals surface area contributed by atoms with Gasteiger partial charge in [-0.3, -0.25) is 4.79 Å². The molecule has 2 rings (SSSR count). The lowest BCUT2D eigenvalue weighted by molar-refractivity contribution is -0.119. The molecule has 1 saturated heterocycles. The number of carbonyl (C=O) groups is 1. The molecular formula is C13H17NO3. The van der Waals surface area contributed by atoms with Gasteiger partial charge in [-0.25, -0.2) is 0 Å². The quantitative estimate of drug-likeness (QED) is 0.835. The lowest BCUT2D eigenvalue weighted by Crippen LogP contribution is -2.23. The topological polar surface area (TPSA) is 58.6 Å². The highest BCUT2D eigenvalue weighted by Gasteiger charge is 2.28. The van der Waals surface area contributed by atoms with E-state index in [1.165, 1.54) is 0 Å². The number of amides is 1. The third-order valence-corrected chi connectivity index (χ3v) is 3.01. The molecule has 1 aliphatic rings. The molecule has 1 aliphatic heterocycles. The van der Waals surface area contributed by atoms with E-state index in [9.17, 15) is 4.79 Å². The molecule has 2 atom stereocenters. The number of carbonyl (C=O) groups excluding carboxylic acids is 1. The van der Waals surface area contributed by atoms with E-state index >= 15 is 0 Å². The Balaban J connectivity index is 2.03. The number of para-hydroxylation sites is 1. The van der Waals surface area contributed by atoms with Crippen LogP contribution in [0.2, 0.25) is 0 Å². The number of anilines is 1. The first-order valence-electron chi connectivity index (χ1n) is 5.82. The van der Waals surface area contributed by atoms with Crippen LogP contribution >= 0.6 is 0 Å². The Morgan fingerprint density at radius 3 is 2.94 bits per heavy atom. The molecule has 1 amide bonds. The first-order valence-corrected chi connectivity index (χ1v) is 5.82. The molecule has 1 fully saturated rings. The van der Waals surface area contributed by atoms with Crippen molar-refractivity contribution in [1.82, 2.24) is 0 Å². The van der Waals surface area contributed by atoms with Gasteiger partial charge in [0.15, 0.2) is 0 Å². The zero-order valence-electron chi connectivity index (χ0n) is 9.85. The summed E-state index contributed by atoms with van der Waals surface area (Å²) in [4.78, 5) is 12.0. The lowest BCUT2D eigenvalue weighted by Gasteiger charge is -2.12. The molecule has 0 radical (unpaired) electrons. The smallest absolute Gasteiger partial charge is 0.229 e. The van der Waals surface area contributed by atoms with E-state index in [0.717, 1.165) is 12.0 Å². The molecule has 0 spiro atoms. The van der Waals surface area contributed by atoms with Gasteiger partial charge >= 0.3 is 0 Å². The number of ether oxygens (including phenoxy) is 1. The summed E-state index contributed by atoms with van der Waals surface area (Å²) < 4.78 is 5.37. The molecule has 2 unspecified atom stereocenters. The van der Waals surface area contributed by atoms with E-state index in [1.54, 1.807) is 12.1 Å². The maximum absolute atomic E-state index is 12.0. The van der Waals surface area contributed by atoms with Crippen LogP contribution in [0.15, 0.2) is 24.3 Å². The monoisotopic (exact) mass is 235 g/mol. The second-order valence-electron chi connectivity index (χ2n) is 4.38. The number of nitrogens with one attached hydrogen (secondary N) is 1. The Hall–Kier alpha value is -1.39. The van der Waals surface area contributed by atoms with Crippen LogP contribution < -0.4 is 5.32 Å². The molecule has 1 heterocycles. The Labute approximate surface area is 101 Å². The zero-order chi connectivity index (χ0) is 12.3. The predicted octanol–water partition coefficient (Wildman–Crippen LogP) is 1.54. The van der Waals surface area contributed by atoms with Crippen LogP contribution in [0.4, 0.5) is 5.69 Å². The van der Waals surface area contributed by atoms with Crippen molar-refractivity contribution in [3.8, 4) is 0 Å². The third kappa shape index (κ3) is 2.84. The summed E-state index contributed by atoms with van der Waals surface area (Å²) >= 11 is 0. The van der Waals surface area contributed by atoms with E-state index in [4.69, 9.17) is 9.84 Å². The Bertz CT molecular complexity index is 405. The van der Waals surface area contributed by atoms with Crippen LogP contribution in [-0.2, 0) is 16.1 Å². The Kier molecular flexibility index (Phi) is 3.76. The third-order valence-electron chi connectivity index (χ3n) is 3.01. The largest absolute Gasteiger partial charge is 0.392 e.